The number of nitrogens with zero attached hydrogens (tertiary/aromatic N) is 2. The zero-order chi connectivity index (χ0) is 29.0. The number of ether oxygens (including phenoxy) is 1. The van der Waals surface area contributed by atoms with Crippen LogP contribution in [0.15, 0.2) is 89.8 Å². The molecule has 1 atom stereocenters. The molecule has 0 fully saturated rings. The molecule has 0 bridgehead atoms. The Bertz CT molecular complexity index is 1330. The van der Waals surface area contributed by atoms with E-state index in [1.54, 1.807) is 42.5 Å². The second-order valence-electron chi connectivity index (χ2n) is 9.26. The molecule has 0 spiro atoms. The van der Waals surface area contributed by atoms with Crippen molar-refractivity contribution < 1.29 is 22.7 Å². The summed E-state index contributed by atoms with van der Waals surface area (Å²) < 4.78 is 34.8. The summed E-state index contributed by atoms with van der Waals surface area (Å²) in [5.41, 5.74) is 1.27. The van der Waals surface area contributed by atoms with Crippen LogP contribution in [0, 0.1) is 0 Å². The number of amides is 2. The van der Waals surface area contributed by atoms with Gasteiger partial charge in [0.25, 0.3) is 10.0 Å². The molecule has 0 aliphatic heterocycles. The van der Waals surface area contributed by atoms with E-state index in [0.29, 0.717) is 31.7 Å². The van der Waals surface area contributed by atoms with Gasteiger partial charge in [0.05, 0.1) is 17.2 Å². The minimum atomic E-state index is -4.15. The van der Waals surface area contributed by atoms with Gasteiger partial charge in [-0.2, -0.15) is 0 Å². The summed E-state index contributed by atoms with van der Waals surface area (Å²) in [6, 6.07) is 23.7. The fourth-order valence-electron chi connectivity index (χ4n) is 4.44. The van der Waals surface area contributed by atoms with Crippen molar-refractivity contribution in [1.29, 1.82) is 0 Å². The largest absolute Gasteiger partial charge is 0.492 e. The van der Waals surface area contributed by atoms with E-state index in [-0.39, 0.29) is 23.0 Å². The fourth-order valence-corrected chi connectivity index (χ4v) is 5.88. The Morgan fingerprint density at radius 1 is 0.875 bits per heavy atom. The van der Waals surface area contributed by atoms with Gasteiger partial charge < -0.3 is 15.0 Å². The third kappa shape index (κ3) is 7.85. The van der Waals surface area contributed by atoms with Crippen LogP contribution in [0.1, 0.15) is 39.2 Å². The van der Waals surface area contributed by atoms with Crippen molar-refractivity contribution in [2.45, 2.75) is 51.0 Å². The van der Waals surface area contributed by atoms with Crippen LogP contribution in [0.25, 0.3) is 0 Å². The summed E-state index contributed by atoms with van der Waals surface area (Å²) in [6.07, 6.45) is 1.67. The van der Waals surface area contributed by atoms with Crippen molar-refractivity contribution in [2.24, 2.45) is 0 Å². The molecule has 0 saturated heterocycles. The minimum absolute atomic E-state index is 0.0534. The smallest absolute Gasteiger partial charge is 0.264 e. The van der Waals surface area contributed by atoms with Gasteiger partial charge in [-0.25, -0.2) is 8.42 Å². The number of carbonyl (C=O) groups is 2. The molecule has 1 N–H and O–H groups in total. The molecule has 2 amide bonds. The number of anilines is 1. The van der Waals surface area contributed by atoms with Crippen molar-refractivity contribution in [3.05, 3.63) is 90.5 Å². The molecule has 214 valence electrons. The molecule has 40 heavy (non-hydrogen) atoms. The Morgan fingerprint density at radius 3 is 2.12 bits per heavy atom. The van der Waals surface area contributed by atoms with Crippen molar-refractivity contribution in [1.82, 2.24) is 10.2 Å². The maximum atomic E-state index is 14.1. The zero-order valence-electron chi connectivity index (χ0n) is 23.5. The highest BCUT2D eigenvalue weighted by atomic mass is 32.2. The van der Waals surface area contributed by atoms with Crippen LogP contribution < -0.4 is 14.4 Å². The van der Waals surface area contributed by atoms with Crippen molar-refractivity contribution in [3.63, 3.8) is 0 Å². The van der Waals surface area contributed by atoms with Gasteiger partial charge in [-0.05, 0) is 56.0 Å². The molecule has 0 aliphatic carbocycles. The lowest BCUT2D eigenvalue weighted by Crippen LogP contribution is -2.53. The van der Waals surface area contributed by atoms with Crippen molar-refractivity contribution >= 4 is 27.5 Å². The summed E-state index contributed by atoms with van der Waals surface area (Å²) in [4.78, 5) is 28.8. The summed E-state index contributed by atoms with van der Waals surface area (Å²) in [6.45, 7) is 6.20. The lowest BCUT2D eigenvalue weighted by Gasteiger charge is -2.33. The van der Waals surface area contributed by atoms with Gasteiger partial charge >= 0.3 is 0 Å². The maximum Gasteiger partial charge on any atom is 0.264 e. The zero-order valence-corrected chi connectivity index (χ0v) is 24.3. The molecule has 3 aromatic carbocycles. The van der Waals surface area contributed by atoms with Crippen LogP contribution in [-0.2, 0) is 26.0 Å². The summed E-state index contributed by atoms with van der Waals surface area (Å²) in [5.74, 6) is -0.376. The molecule has 0 aromatic heterocycles. The number of hydrogen-bond acceptors (Lipinski definition) is 5. The Kier molecular flexibility index (Phi) is 11.6. The number of carbonyl (C=O) groups excluding carboxylic acids is 2. The number of rotatable bonds is 15. The molecule has 9 heteroatoms. The average Bonchev–Trinajstić information content (AvgIpc) is 2.98. The monoisotopic (exact) mass is 565 g/mol. The third-order valence-corrected chi connectivity index (χ3v) is 8.24. The Hall–Kier alpha value is -3.85. The normalized spacial score (nSPS) is 11.9. The molecule has 0 heterocycles. The predicted molar refractivity (Wildman–Crippen MR) is 158 cm³/mol. The highest BCUT2D eigenvalue weighted by molar-refractivity contribution is 7.92. The van der Waals surface area contributed by atoms with E-state index in [1.165, 1.54) is 17.0 Å². The van der Waals surface area contributed by atoms with Crippen molar-refractivity contribution in [3.8, 4) is 5.75 Å². The van der Waals surface area contributed by atoms with Crippen molar-refractivity contribution in [2.75, 3.05) is 30.5 Å². The standard InChI is InChI=1S/C31H39N3O5S/c1-4-22-32-31(36)27(5-2)33(23-21-25-15-9-7-10-16-25)30(35)24-34(28-19-13-14-20-29(28)39-6-3)40(37,38)26-17-11-8-12-18-26/h7-20,27H,4-6,21-24H2,1-3H3,(H,32,36). The van der Waals surface area contributed by atoms with Crippen LogP contribution in [0.4, 0.5) is 5.69 Å². The Balaban J connectivity index is 2.03. The molecule has 1 unspecified atom stereocenters. The molecular weight excluding hydrogens is 526 g/mol. The molecule has 0 saturated carbocycles. The van der Waals surface area contributed by atoms with E-state index in [9.17, 15) is 18.0 Å². The number of sulfonamides is 1. The highest BCUT2D eigenvalue weighted by Gasteiger charge is 2.34. The molecule has 3 rings (SSSR count). The van der Waals surface area contributed by atoms with Crippen LogP contribution in [-0.4, -0.2) is 57.4 Å². The van der Waals surface area contributed by atoms with Gasteiger partial charge in [-0.1, -0.05) is 74.5 Å². The first-order valence-electron chi connectivity index (χ1n) is 13.7. The van der Waals surface area contributed by atoms with Crippen LogP contribution >= 0.6 is 0 Å². The number of benzene rings is 3. The van der Waals surface area contributed by atoms with Crippen LogP contribution in [0.5, 0.6) is 5.75 Å². The lowest BCUT2D eigenvalue weighted by atomic mass is 10.1. The van der Waals surface area contributed by atoms with E-state index in [2.05, 4.69) is 5.32 Å². The van der Waals surface area contributed by atoms with Gasteiger partial charge in [0.15, 0.2) is 0 Å². The molecule has 0 aliphatic rings. The van der Waals surface area contributed by atoms with Gasteiger partial charge in [-0.15, -0.1) is 0 Å². The number of hydrogen-bond donors (Lipinski definition) is 1. The van der Waals surface area contributed by atoms with Crippen LogP contribution in [0.3, 0.4) is 0 Å². The lowest BCUT2D eigenvalue weighted by molar-refractivity contribution is -0.139. The van der Waals surface area contributed by atoms with Gasteiger partial charge in [0.2, 0.25) is 11.8 Å². The van der Waals surface area contributed by atoms with E-state index in [4.69, 9.17) is 4.74 Å². The van der Waals surface area contributed by atoms with E-state index in [1.807, 2.05) is 51.1 Å². The topological polar surface area (TPSA) is 96.0 Å². The van der Waals surface area contributed by atoms with E-state index in [0.717, 1.165) is 16.3 Å². The number of para-hydroxylation sites is 2. The first-order chi connectivity index (χ1) is 19.3. The SMILES string of the molecule is CCCNC(=O)C(CC)N(CCc1ccccc1)C(=O)CN(c1ccccc1OCC)S(=O)(=O)c1ccccc1. The third-order valence-electron chi connectivity index (χ3n) is 6.46. The fraction of sp³-hybridized carbons (Fsp3) is 0.355. The minimum Gasteiger partial charge on any atom is -0.492 e. The predicted octanol–water partition coefficient (Wildman–Crippen LogP) is 4.66. The molecule has 8 nitrogen and oxygen atoms in total. The first-order valence-corrected chi connectivity index (χ1v) is 15.2. The van der Waals surface area contributed by atoms with Gasteiger partial charge in [0, 0.05) is 13.1 Å². The Labute approximate surface area is 238 Å². The highest BCUT2D eigenvalue weighted by Crippen LogP contribution is 2.32. The maximum absolute atomic E-state index is 14.1. The van der Waals surface area contributed by atoms with E-state index >= 15 is 0 Å². The number of nitrogens with one attached hydrogen (secondary N) is 1. The molecular formula is C31H39N3O5S. The van der Waals surface area contributed by atoms with Gasteiger partial charge in [-0.3, -0.25) is 13.9 Å². The summed E-state index contributed by atoms with van der Waals surface area (Å²) in [7, 11) is -4.15. The average molecular weight is 566 g/mol. The van der Waals surface area contributed by atoms with Crippen LogP contribution in [0.2, 0.25) is 0 Å². The second kappa shape index (κ2) is 15.1. The summed E-state index contributed by atoms with van der Waals surface area (Å²) >= 11 is 0. The van der Waals surface area contributed by atoms with Gasteiger partial charge in [0.1, 0.15) is 18.3 Å². The second-order valence-corrected chi connectivity index (χ2v) is 11.1. The summed E-state index contributed by atoms with van der Waals surface area (Å²) in [5, 5.41) is 2.90. The van der Waals surface area contributed by atoms with E-state index < -0.39 is 28.5 Å². The molecule has 3 aromatic rings. The quantitative estimate of drug-likeness (QED) is 0.289. The first kappa shape index (κ1) is 30.7. The Morgan fingerprint density at radius 2 is 1.50 bits per heavy atom. The molecule has 0 radical (unpaired) electrons.